The van der Waals surface area contributed by atoms with Gasteiger partial charge in [0.1, 0.15) is 0 Å². The molecule has 0 amide bonds. The van der Waals surface area contributed by atoms with Crippen molar-refractivity contribution in [3.63, 3.8) is 0 Å². The summed E-state index contributed by atoms with van der Waals surface area (Å²) < 4.78 is 1.22. The molecule has 1 aliphatic rings. The lowest BCUT2D eigenvalue weighted by atomic mass is 10.1. The molecule has 0 aliphatic carbocycles. The molecule has 0 aromatic carbocycles. The number of halogens is 1. The molecule has 0 unspecified atom stereocenters. The molecule has 2 nitrogen and oxygen atoms in total. The Hall–Kier alpha value is 0.1000. The van der Waals surface area contributed by atoms with E-state index in [1.54, 1.807) is 0 Å². The minimum atomic E-state index is 0.782. The van der Waals surface area contributed by atoms with Gasteiger partial charge < -0.3 is 10.2 Å². The van der Waals surface area contributed by atoms with E-state index in [0.717, 1.165) is 6.04 Å². The number of hydrogen-bond acceptors (Lipinski definition) is 3. The summed E-state index contributed by atoms with van der Waals surface area (Å²) in [6.45, 7) is 3.54. The fourth-order valence-electron chi connectivity index (χ4n) is 2.20. The molecule has 90 valence electrons. The van der Waals surface area contributed by atoms with Crippen molar-refractivity contribution in [2.45, 2.75) is 25.3 Å². The summed E-state index contributed by atoms with van der Waals surface area (Å²) in [5, 5.41) is 5.58. The van der Waals surface area contributed by atoms with Gasteiger partial charge in [-0.15, -0.1) is 11.3 Å². The van der Waals surface area contributed by atoms with E-state index in [2.05, 4.69) is 44.6 Å². The lowest BCUT2D eigenvalue weighted by Crippen LogP contribution is -2.41. The highest BCUT2D eigenvalue weighted by molar-refractivity contribution is 9.10. The van der Waals surface area contributed by atoms with E-state index in [1.165, 1.54) is 48.2 Å². The molecule has 2 heterocycles. The van der Waals surface area contributed by atoms with E-state index in [4.69, 9.17) is 0 Å². The summed E-state index contributed by atoms with van der Waals surface area (Å²) in [5.74, 6) is 0. The van der Waals surface area contributed by atoms with Crippen molar-refractivity contribution in [2.24, 2.45) is 0 Å². The fraction of sp³-hybridized carbons (Fsp3) is 0.667. The van der Waals surface area contributed by atoms with Crippen LogP contribution in [0.4, 0.5) is 0 Å². The Bertz CT molecular complexity index is 321. The van der Waals surface area contributed by atoms with Crippen molar-refractivity contribution < 1.29 is 0 Å². The van der Waals surface area contributed by atoms with Crippen LogP contribution >= 0.6 is 27.3 Å². The first-order valence-corrected chi connectivity index (χ1v) is 7.57. The van der Waals surface area contributed by atoms with Gasteiger partial charge in [-0.25, -0.2) is 0 Å². The molecule has 0 atom stereocenters. The maximum absolute atomic E-state index is 3.50. The molecule has 16 heavy (non-hydrogen) atoms. The van der Waals surface area contributed by atoms with Gasteiger partial charge in [0.25, 0.3) is 0 Å². The van der Waals surface area contributed by atoms with Gasteiger partial charge in [0.2, 0.25) is 0 Å². The topological polar surface area (TPSA) is 15.3 Å². The molecule has 0 radical (unpaired) electrons. The molecule has 1 aromatic rings. The van der Waals surface area contributed by atoms with E-state index >= 15 is 0 Å². The highest BCUT2D eigenvalue weighted by Crippen LogP contribution is 2.20. The highest BCUT2D eigenvalue weighted by Gasteiger charge is 2.17. The quantitative estimate of drug-likeness (QED) is 0.920. The van der Waals surface area contributed by atoms with Crippen LogP contribution in [0.15, 0.2) is 15.9 Å². The standard InChI is InChI=1S/C12H19BrN2S/c1-15(11-2-5-14-6-3-11)7-4-12-8-10(13)9-16-12/h8-9,11,14H,2-7H2,1H3. The number of rotatable bonds is 4. The van der Waals surface area contributed by atoms with Crippen molar-refractivity contribution in [1.82, 2.24) is 10.2 Å². The molecule has 0 saturated carbocycles. The number of piperidine rings is 1. The summed E-state index contributed by atoms with van der Waals surface area (Å²) >= 11 is 5.36. The van der Waals surface area contributed by atoms with Crippen molar-refractivity contribution >= 4 is 27.3 Å². The second-order valence-corrected chi connectivity index (χ2v) is 6.35. The number of thiophene rings is 1. The molecule has 1 saturated heterocycles. The van der Waals surface area contributed by atoms with Crippen LogP contribution < -0.4 is 5.32 Å². The van der Waals surface area contributed by atoms with Crippen molar-refractivity contribution in [3.8, 4) is 0 Å². The SMILES string of the molecule is CN(CCc1cc(Br)cs1)C1CCNCC1. The van der Waals surface area contributed by atoms with Gasteiger partial charge >= 0.3 is 0 Å². The first-order valence-electron chi connectivity index (χ1n) is 5.89. The molecule has 0 spiro atoms. The Balaban J connectivity index is 1.76. The normalized spacial score (nSPS) is 18.2. The molecular formula is C12H19BrN2S. The Morgan fingerprint density at radius 2 is 2.25 bits per heavy atom. The molecule has 1 N–H and O–H groups in total. The average Bonchev–Trinajstić information content (AvgIpc) is 2.73. The van der Waals surface area contributed by atoms with Crippen LogP contribution in [-0.4, -0.2) is 37.6 Å². The van der Waals surface area contributed by atoms with E-state index < -0.39 is 0 Å². The maximum Gasteiger partial charge on any atom is 0.0285 e. The average molecular weight is 303 g/mol. The third kappa shape index (κ3) is 3.55. The van der Waals surface area contributed by atoms with E-state index in [1.807, 2.05) is 11.3 Å². The van der Waals surface area contributed by atoms with Gasteiger partial charge in [-0.3, -0.25) is 0 Å². The third-order valence-corrected chi connectivity index (χ3v) is 5.02. The van der Waals surface area contributed by atoms with E-state index in [0.29, 0.717) is 0 Å². The number of nitrogens with zero attached hydrogens (tertiary/aromatic N) is 1. The first-order chi connectivity index (χ1) is 7.75. The van der Waals surface area contributed by atoms with Gasteiger partial charge in [-0.05, 0) is 61.4 Å². The molecule has 1 aliphatic heterocycles. The minimum Gasteiger partial charge on any atom is -0.317 e. The number of nitrogens with one attached hydrogen (secondary N) is 1. The van der Waals surface area contributed by atoms with Gasteiger partial charge in [-0.1, -0.05) is 0 Å². The van der Waals surface area contributed by atoms with Crippen LogP contribution in [0.5, 0.6) is 0 Å². The van der Waals surface area contributed by atoms with Gasteiger partial charge in [0.05, 0.1) is 0 Å². The number of likely N-dealkylation sites (N-methyl/N-ethyl adjacent to an activating group) is 1. The predicted octanol–water partition coefficient (Wildman–Crippen LogP) is 2.74. The van der Waals surface area contributed by atoms with Crippen LogP contribution in [0.1, 0.15) is 17.7 Å². The largest absolute Gasteiger partial charge is 0.317 e. The predicted molar refractivity (Wildman–Crippen MR) is 74.2 cm³/mol. The smallest absolute Gasteiger partial charge is 0.0285 e. The Kier molecular flexibility index (Phi) is 4.82. The second kappa shape index (κ2) is 6.15. The zero-order valence-electron chi connectivity index (χ0n) is 9.71. The second-order valence-electron chi connectivity index (χ2n) is 4.44. The van der Waals surface area contributed by atoms with Crippen LogP contribution in [0, 0.1) is 0 Å². The van der Waals surface area contributed by atoms with Gasteiger partial charge in [-0.2, -0.15) is 0 Å². The highest BCUT2D eigenvalue weighted by atomic mass is 79.9. The van der Waals surface area contributed by atoms with Crippen molar-refractivity contribution in [3.05, 3.63) is 20.8 Å². The summed E-state index contributed by atoms with van der Waals surface area (Å²) in [6.07, 6.45) is 3.77. The molecule has 4 heteroatoms. The molecule has 0 bridgehead atoms. The van der Waals surface area contributed by atoms with Crippen LogP contribution in [-0.2, 0) is 6.42 Å². The van der Waals surface area contributed by atoms with Gasteiger partial charge in [0, 0.05) is 27.3 Å². The molecular weight excluding hydrogens is 284 g/mol. The van der Waals surface area contributed by atoms with Crippen molar-refractivity contribution in [1.29, 1.82) is 0 Å². The summed E-state index contributed by atoms with van der Waals surface area (Å²) in [4.78, 5) is 4.00. The molecule has 1 aromatic heterocycles. The first kappa shape index (κ1) is 12.6. The summed E-state index contributed by atoms with van der Waals surface area (Å²) in [7, 11) is 2.26. The fourth-order valence-corrected chi connectivity index (χ4v) is 3.65. The third-order valence-electron chi connectivity index (χ3n) is 3.26. The Morgan fingerprint density at radius 1 is 1.50 bits per heavy atom. The number of hydrogen-bond donors (Lipinski definition) is 1. The van der Waals surface area contributed by atoms with Gasteiger partial charge in [0.15, 0.2) is 0 Å². The lowest BCUT2D eigenvalue weighted by Gasteiger charge is -2.31. The Morgan fingerprint density at radius 3 is 2.88 bits per heavy atom. The summed E-state index contributed by atoms with van der Waals surface area (Å²) in [6, 6.07) is 3.02. The van der Waals surface area contributed by atoms with Crippen LogP contribution in [0.3, 0.4) is 0 Å². The maximum atomic E-state index is 3.50. The zero-order chi connectivity index (χ0) is 11.4. The summed E-state index contributed by atoms with van der Waals surface area (Å²) in [5.41, 5.74) is 0. The van der Waals surface area contributed by atoms with Crippen LogP contribution in [0.2, 0.25) is 0 Å². The van der Waals surface area contributed by atoms with Crippen LogP contribution in [0.25, 0.3) is 0 Å². The monoisotopic (exact) mass is 302 g/mol. The van der Waals surface area contributed by atoms with Crippen molar-refractivity contribution in [2.75, 3.05) is 26.7 Å². The zero-order valence-corrected chi connectivity index (χ0v) is 12.1. The van der Waals surface area contributed by atoms with E-state index in [-0.39, 0.29) is 0 Å². The van der Waals surface area contributed by atoms with E-state index in [9.17, 15) is 0 Å². The Labute approximate surface area is 110 Å². The molecule has 1 fully saturated rings. The molecule has 2 rings (SSSR count). The minimum absolute atomic E-state index is 0.782. The lowest BCUT2D eigenvalue weighted by molar-refractivity contribution is 0.201.